The second-order valence-corrected chi connectivity index (χ2v) is 4.69. The fourth-order valence-corrected chi connectivity index (χ4v) is 2.29. The molecule has 0 bridgehead atoms. The molecule has 0 spiro atoms. The Bertz CT molecular complexity index is 484. The summed E-state index contributed by atoms with van der Waals surface area (Å²) in [6.45, 7) is 0. The minimum Gasteiger partial charge on any atom is -0.397 e. The highest BCUT2D eigenvalue weighted by Gasteiger charge is 2.08. The van der Waals surface area contributed by atoms with Crippen LogP contribution in [0.4, 0.5) is 5.69 Å². The molecule has 2 heterocycles. The average Bonchev–Trinajstić information content (AvgIpc) is 2.57. The molecule has 0 saturated heterocycles. The number of nitrogen functional groups attached to an aromatic ring is 1. The van der Waals surface area contributed by atoms with Crippen molar-refractivity contribution < 1.29 is 0 Å². The molecule has 5 nitrogen and oxygen atoms in total. The standard InChI is InChI=1S/C8H8BrN5S/c1-14-4-12-13-8(14)15-7-6(9)2-5(10)3-11-7/h2-4H,10H2,1H3. The first-order chi connectivity index (χ1) is 7.16. The third-order valence-electron chi connectivity index (χ3n) is 1.69. The van der Waals surface area contributed by atoms with Crippen LogP contribution in [0.25, 0.3) is 0 Å². The molecule has 0 aromatic carbocycles. The van der Waals surface area contributed by atoms with Crippen molar-refractivity contribution in [1.29, 1.82) is 0 Å². The van der Waals surface area contributed by atoms with E-state index in [4.69, 9.17) is 5.73 Å². The first-order valence-electron chi connectivity index (χ1n) is 4.09. The molecule has 0 saturated carbocycles. The lowest BCUT2D eigenvalue weighted by molar-refractivity contribution is 0.787. The Morgan fingerprint density at radius 1 is 1.53 bits per heavy atom. The van der Waals surface area contributed by atoms with E-state index in [1.165, 1.54) is 11.8 Å². The molecular weight excluding hydrogens is 278 g/mol. The fourth-order valence-electron chi connectivity index (χ4n) is 0.967. The second-order valence-electron chi connectivity index (χ2n) is 2.88. The van der Waals surface area contributed by atoms with Gasteiger partial charge in [-0.25, -0.2) is 4.98 Å². The van der Waals surface area contributed by atoms with Crippen molar-refractivity contribution in [3.8, 4) is 0 Å². The van der Waals surface area contributed by atoms with Crippen LogP contribution in [0.2, 0.25) is 0 Å². The maximum Gasteiger partial charge on any atom is 0.197 e. The molecule has 0 atom stereocenters. The lowest BCUT2D eigenvalue weighted by Gasteiger charge is -2.02. The van der Waals surface area contributed by atoms with Gasteiger partial charge in [0.15, 0.2) is 5.16 Å². The first-order valence-corrected chi connectivity index (χ1v) is 5.70. The summed E-state index contributed by atoms with van der Waals surface area (Å²) in [7, 11) is 1.88. The topological polar surface area (TPSA) is 69.6 Å². The van der Waals surface area contributed by atoms with Crippen molar-refractivity contribution in [3.63, 3.8) is 0 Å². The van der Waals surface area contributed by atoms with Crippen molar-refractivity contribution in [2.45, 2.75) is 10.2 Å². The summed E-state index contributed by atoms with van der Waals surface area (Å²) in [6, 6.07) is 1.81. The van der Waals surface area contributed by atoms with Gasteiger partial charge in [-0.2, -0.15) is 0 Å². The van der Waals surface area contributed by atoms with Gasteiger partial charge in [-0.1, -0.05) is 0 Å². The Balaban J connectivity index is 2.29. The summed E-state index contributed by atoms with van der Waals surface area (Å²) in [6.07, 6.45) is 3.26. The number of pyridine rings is 1. The molecule has 2 N–H and O–H groups in total. The van der Waals surface area contributed by atoms with Crippen molar-refractivity contribution in [3.05, 3.63) is 23.1 Å². The zero-order chi connectivity index (χ0) is 10.8. The lowest BCUT2D eigenvalue weighted by atomic mass is 10.4. The van der Waals surface area contributed by atoms with Gasteiger partial charge in [0.1, 0.15) is 11.4 Å². The van der Waals surface area contributed by atoms with Gasteiger partial charge in [-0.3, -0.25) is 0 Å². The highest BCUT2D eigenvalue weighted by molar-refractivity contribution is 9.10. The SMILES string of the molecule is Cn1cnnc1Sc1ncc(N)cc1Br. The molecule has 2 aromatic heterocycles. The van der Waals surface area contributed by atoms with Gasteiger partial charge in [0, 0.05) is 7.05 Å². The van der Waals surface area contributed by atoms with Gasteiger partial charge in [0.05, 0.1) is 16.4 Å². The Morgan fingerprint density at radius 2 is 2.33 bits per heavy atom. The minimum absolute atomic E-state index is 0.629. The fraction of sp³-hybridized carbons (Fsp3) is 0.125. The molecule has 2 aromatic rings. The molecule has 15 heavy (non-hydrogen) atoms. The first kappa shape index (κ1) is 10.4. The Labute approximate surface area is 99.2 Å². The summed E-state index contributed by atoms with van der Waals surface area (Å²) in [5.41, 5.74) is 6.22. The number of aryl methyl sites for hydroxylation is 1. The molecule has 78 valence electrons. The molecule has 0 aliphatic rings. The zero-order valence-corrected chi connectivity index (χ0v) is 10.3. The van der Waals surface area contributed by atoms with E-state index in [1.807, 2.05) is 17.7 Å². The monoisotopic (exact) mass is 285 g/mol. The molecular formula is C8H8BrN5S. The smallest absolute Gasteiger partial charge is 0.197 e. The predicted octanol–water partition coefficient (Wildman–Crippen LogP) is 1.71. The number of nitrogens with zero attached hydrogens (tertiary/aromatic N) is 4. The zero-order valence-electron chi connectivity index (χ0n) is 7.88. The minimum atomic E-state index is 0.629. The molecule has 0 amide bonds. The quantitative estimate of drug-likeness (QED) is 0.910. The lowest BCUT2D eigenvalue weighted by Crippen LogP contribution is -1.92. The summed E-state index contributed by atoms with van der Waals surface area (Å²) < 4.78 is 2.69. The molecule has 2 rings (SSSR count). The van der Waals surface area contributed by atoms with E-state index in [2.05, 4.69) is 31.1 Å². The van der Waals surface area contributed by atoms with Gasteiger partial charge in [0.25, 0.3) is 0 Å². The van der Waals surface area contributed by atoms with Crippen LogP contribution in [0.1, 0.15) is 0 Å². The van der Waals surface area contributed by atoms with Gasteiger partial charge in [0.2, 0.25) is 0 Å². The van der Waals surface area contributed by atoms with E-state index in [9.17, 15) is 0 Å². The van der Waals surface area contributed by atoms with Gasteiger partial charge in [-0.05, 0) is 33.8 Å². The second kappa shape index (κ2) is 4.19. The number of aromatic nitrogens is 4. The van der Waals surface area contributed by atoms with Crippen LogP contribution in [-0.4, -0.2) is 19.7 Å². The van der Waals surface area contributed by atoms with Crippen molar-refractivity contribution in [2.75, 3.05) is 5.73 Å². The number of halogens is 1. The number of hydrogen-bond acceptors (Lipinski definition) is 5. The van der Waals surface area contributed by atoms with E-state index in [0.29, 0.717) is 5.69 Å². The molecule has 0 aliphatic heterocycles. The number of rotatable bonds is 2. The summed E-state index contributed by atoms with van der Waals surface area (Å²) >= 11 is 4.83. The van der Waals surface area contributed by atoms with Crippen molar-refractivity contribution >= 4 is 33.4 Å². The number of hydrogen-bond donors (Lipinski definition) is 1. The summed E-state index contributed by atoms with van der Waals surface area (Å²) in [5, 5.41) is 9.35. The third-order valence-corrected chi connectivity index (χ3v) is 3.62. The molecule has 0 fully saturated rings. The van der Waals surface area contributed by atoms with Gasteiger partial charge in [-0.15, -0.1) is 10.2 Å². The van der Waals surface area contributed by atoms with E-state index in [1.54, 1.807) is 12.5 Å². The van der Waals surface area contributed by atoms with E-state index in [0.717, 1.165) is 14.7 Å². The van der Waals surface area contributed by atoms with Crippen LogP contribution in [0.5, 0.6) is 0 Å². The predicted molar refractivity (Wildman–Crippen MR) is 61.5 cm³/mol. The van der Waals surface area contributed by atoms with E-state index >= 15 is 0 Å². The van der Waals surface area contributed by atoms with Crippen LogP contribution in [0.15, 0.2) is 33.2 Å². The molecule has 0 radical (unpaired) electrons. The number of nitrogens with two attached hydrogens (primary N) is 1. The highest BCUT2D eigenvalue weighted by Crippen LogP contribution is 2.30. The van der Waals surface area contributed by atoms with Crippen molar-refractivity contribution in [1.82, 2.24) is 19.7 Å². The average molecular weight is 286 g/mol. The van der Waals surface area contributed by atoms with E-state index in [-0.39, 0.29) is 0 Å². The maximum absolute atomic E-state index is 5.60. The molecule has 0 unspecified atom stereocenters. The Kier molecular flexibility index (Phi) is 2.92. The largest absolute Gasteiger partial charge is 0.397 e. The third kappa shape index (κ3) is 2.29. The van der Waals surface area contributed by atoms with Crippen LogP contribution in [-0.2, 0) is 7.05 Å². The van der Waals surface area contributed by atoms with Crippen molar-refractivity contribution in [2.24, 2.45) is 7.05 Å². The van der Waals surface area contributed by atoms with Crippen LogP contribution < -0.4 is 5.73 Å². The van der Waals surface area contributed by atoms with Crippen LogP contribution >= 0.6 is 27.7 Å². The molecule has 0 aliphatic carbocycles. The van der Waals surface area contributed by atoms with Gasteiger partial charge < -0.3 is 10.3 Å². The van der Waals surface area contributed by atoms with Crippen LogP contribution in [0.3, 0.4) is 0 Å². The normalized spacial score (nSPS) is 10.5. The van der Waals surface area contributed by atoms with Gasteiger partial charge >= 0.3 is 0 Å². The molecule has 7 heteroatoms. The summed E-state index contributed by atoms with van der Waals surface area (Å²) in [5.74, 6) is 0. The Hall–Kier alpha value is -1.08. The highest BCUT2D eigenvalue weighted by atomic mass is 79.9. The van der Waals surface area contributed by atoms with Crippen LogP contribution in [0, 0.1) is 0 Å². The Morgan fingerprint density at radius 3 is 2.93 bits per heavy atom. The van der Waals surface area contributed by atoms with E-state index < -0.39 is 0 Å². The maximum atomic E-state index is 5.60. The number of anilines is 1. The summed E-state index contributed by atoms with van der Waals surface area (Å²) in [4.78, 5) is 4.20.